The maximum Gasteiger partial charge on any atom is 0.242 e. The minimum atomic E-state index is 0.128. The summed E-state index contributed by atoms with van der Waals surface area (Å²) < 4.78 is 5.25. The van der Waals surface area contributed by atoms with E-state index in [1.807, 2.05) is 11.0 Å². The lowest BCUT2D eigenvalue weighted by Crippen LogP contribution is -2.46. The number of likely N-dealkylation sites (tertiary alicyclic amines) is 1. The van der Waals surface area contributed by atoms with Crippen LogP contribution in [0.4, 0.5) is 0 Å². The topological polar surface area (TPSA) is 57.2 Å². The molecule has 1 amide bonds. The van der Waals surface area contributed by atoms with Crippen molar-refractivity contribution in [2.24, 2.45) is 10.9 Å². The Morgan fingerprint density at radius 1 is 1.28 bits per heavy atom. The molecule has 0 aliphatic carbocycles. The first kappa shape index (κ1) is 17.7. The van der Waals surface area contributed by atoms with E-state index in [4.69, 9.17) is 4.74 Å². The Kier molecular flexibility index (Phi) is 5.91. The SMILES string of the molecule is CN=C(NCC(=O)N1CCc2ccccc2C1)N1CCC(COC)C1. The summed E-state index contributed by atoms with van der Waals surface area (Å²) in [6, 6.07) is 8.37. The Balaban J connectivity index is 1.50. The highest BCUT2D eigenvalue weighted by Gasteiger charge is 2.26. The minimum Gasteiger partial charge on any atom is -0.384 e. The van der Waals surface area contributed by atoms with Gasteiger partial charge in [-0.3, -0.25) is 9.79 Å². The number of benzene rings is 1. The quantitative estimate of drug-likeness (QED) is 0.657. The number of ether oxygens (including phenoxy) is 1. The average molecular weight is 344 g/mol. The molecule has 0 radical (unpaired) electrons. The zero-order chi connectivity index (χ0) is 17.6. The standard InChI is InChI=1S/C19H28N4O2/c1-20-19(23-9-7-15(12-23)14-25-2)21-11-18(24)22-10-8-16-5-3-4-6-17(16)13-22/h3-6,15H,7-14H2,1-2H3,(H,20,21). The highest BCUT2D eigenvalue weighted by Crippen LogP contribution is 2.19. The third-order valence-electron chi connectivity index (χ3n) is 5.08. The molecule has 2 heterocycles. The van der Waals surface area contributed by atoms with Crippen molar-refractivity contribution in [3.63, 3.8) is 0 Å². The van der Waals surface area contributed by atoms with Gasteiger partial charge >= 0.3 is 0 Å². The number of fused-ring (bicyclic) bond motifs is 1. The van der Waals surface area contributed by atoms with Crippen LogP contribution in [0.3, 0.4) is 0 Å². The van der Waals surface area contributed by atoms with Gasteiger partial charge in [0.2, 0.25) is 5.91 Å². The zero-order valence-electron chi connectivity index (χ0n) is 15.2. The molecule has 1 aromatic rings. The number of aliphatic imine (C=N–C) groups is 1. The fourth-order valence-corrected chi connectivity index (χ4v) is 3.70. The van der Waals surface area contributed by atoms with Crippen LogP contribution in [-0.2, 0) is 22.5 Å². The molecule has 1 atom stereocenters. The van der Waals surface area contributed by atoms with Crippen molar-refractivity contribution in [1.29, 1.82) is 0 Å². The fourth-order valence-electron chi connectivity index (χ4n) is 3.70. The van der Waals surface area contributed by atoms with Crippen molar-refractivity contribution in [1.82, 2.24) is 15.1 Å². The van der Waals surface area contributed by atoms with E-state index < -0.39 is 0 Å². The van der Waals surface area contributed by atoms with E-state index in [0.29, 0.717) is 19.0 Å². The number of hydrogen-bond acceptors (Lipinski definition) is 3. The number of carbonyl (C=O) groups is 1. The van der Waals surface area contributed by atoms with Crippen molar-refractivity contribution in [2.75, 3.05) is 46.9 Å². The van der Waals surface area contributed by atoms with Gasteiger partial charge in [-0.25, -0.2) is 0 Å². The van der Waals surface area contributed by atoms with E-state index in [0.717, 1.165) is 45.0 Å². The van der Waals surface area contributed by atoms with Crippen LogP contribution in [0.5, 0.6) is 0 Å². The number of hydrogen-bond donors (Lipinski definition) is 1. The average Bonchev–Trinajstić information content (AvgIpc) is 3.10. The Morgan fingerprint density at radius 3 is 2.84 bits per heavy atom. The lowest BCUT2D eigenvalue weighted by molar-refractivity contribution is -0.130. The van der Waals surface area contributed by atoms with Crippen molar-refractivity contribution >= 4 is 11.9 Å². The van der Waals surface area contributed by atoms with Gasteiger partial charge in [0.25, 0.3) is 0 Å². The number of nitrogens with one attached hydrogen (secondary N) is 1. The molecular formula is C19H28N4O2. The summed E-state index contributed by atoms with van der Waals surface area (Å²) >= 11 is 0. The minimum absolute atomic E-state index is 0.128. The van der Waals surface area contributed by atoms with Gasteiger partial charge in [0.05, 0.1) is 13.2 Å². The molecule has 2 aliphatic heterocycles. The lowest BCUT2D eigenvalue weighted by atomic mass is 10.00. The summed E-state index contributed by atoms with van der Waals surface area (Å²) in [5.74, 6) is 1.48. The van der Waals surface area contributed by atoms with E-state index in [1.165, 1.54) is 11.1 Å². The second-order valence-electron chi connectivity index (χ2n) is 6.79. The number of methoxy groups -OCH3 is 1. The van der Waals surface area contributed by atoms with E-state index >= 15 is 0 Å². The third kappa shape index (κ3) is 4.31. The lowest BCUT2D eigenvalue weighted by Gasteiger charge is -2.29. The largest absolute Gasteiger partial charge is 0.384 e. The molecule has 6 heteroatoms. The van der Waals surface area contributed by atoms with Gasteiger partial charge in [0.1, 0.15) is 0 Å². The molecule has 3 rings (SSSR count). The van der Waals surface area contributed by atoms with Gasteiger partial charge in [-0.05, 0) is 24.0 Å². The zero-order valence-corrected chi connectivity index (χ0v) is 15.2. The molecule has 6 nitrogen and oxygen atoms in total. The van der Waals surface area contributed by atoms with Crippen LogP contribution < -0.4 is 5.32 Å². The molecule has 0 aromatic heterocycles. The van der Waals surface area contributed by atoms with Crippen LogP contribution >= 0.6 is 0 Å². The predicted octanol–water partition coefficient (Wildman–Crippen LogP) is 1.12. The Hall–Kier alpha value is -2.08. The smallest absolute Gasteiger partial charge is 0.242 e. The first-order chi connectivity index (χ1) is 12.2. The molecule has 0 spiro atoms. The van der Waals surface area contributed by atoms with E-state index in [1.54, 1.807) is 14.2 Å². The first-order valence-electron chi connectivity index (χ1n) is 9.00. The molecule has 1 fully saturated rings. The third-order valence-corrected chi connectivity index (χ3v) is 5.08. The van der Waals surface area contributed by atoms with Gasteiger partial charge in [0, 0.05) is 46.3 Å². The Labute approximate surface area is 149 Å². The second kappa shape index (κ2) is 8.34. The van der Waals surface area contributed by atoms with Gasteiger partial charge in [-0.15, -0.1) is 0 Å². The second-order valence-corrected chi connectivity index (χ2v) is 6.79. The van der Waals surface area contributed by atoms with Crippen LogP contribution in [0, 0.1) is 5.92 Å². The number of carbonyl (C=O) groups excluding carboxylic acids is 1. The monoisotopic (exact) mass is 344 g/mol. The normalized spacial score (nSPS) is 20.6. The molecule has 1 unspecified atom stereocenters. The summed E-state index contributed by atoms with van der Waals surface area (Å²) in [5.41, 5.74) is 2.62. The van der Waals surface area contributed by atoms with Gasteiger partial charge in [0.15, 0.2) is 5.96 Å². The molecule has 1 saturated heterocycles. The Bertz CT molecular complexity index is 632. The number of amides is 1. The molecule has 0 bridgehead atoms. The van der Waals surface area contributed by atoms with Crippen molar-refractivity contribution in [3.05, 3.63) is 35.4 Å². The molecule has 1 aromatic carbocycles. The van der Waals surface area contributed by atoms with Gasteiger partial charge in [-0.1, -0.05) is 24.3 Å². The maximum atomic E-state index is 12.6. The fraction of sp³-hybridized carbons (Fsp3) is 0.579. The van der Waals surface area contributed by atoms with Crippen LogP contribution in [0.2, 0.25) is 0 Å². The van der Waals surface area contributed by atoms with E-state index in [2.05, 4.69) is 33.4 Å². The maximum absolute atomic E-state index is 12.6. The first-order valence-corrected chi connectivity index (χ1v) is 9.00. The highest BCUT2D eigenvalue weighted by atomic mass is 16.5. The predicted molar refractivity (Wildman–Crippen MR) is 98.5 cm³/mol. The summed E-state index contributed by atoms with van der Waals surface area (Å²) in [5, 5.41) is 3.24. The summed E-state index contributed by atoms with van der Waals surface area (Å²) in [7, 11) is 3.51. The summed E-state index contributed by atoms with van der Waals surface area (Å²) in [6.07, 6.45) is 2.03. The molecule has 1 N–H and O–H groups in total. The molecule has 136 valence electrons. The summed E-state index contributed by atoms with van der Waals surface area (Å²) in [6.45, 7) is 4.45. The molecule has 25 heavy (non-hydrogen) atoms. The number of rotatable bonds is 4. The van der Waals surface area contributed by atoms with Gasteiger partial charge < -0.3 is 19.9 Å². The van der Waals surface area contributed by atoms with Crippen molar-refractivity contribution < 1.29 is 9.53 Å². The van der Waals surface area contributed by atoms with Crippen molar-refractivity contribution in [3.8, 4) is 0 Å². The van der Waals surface area contributed by atoms with Crippen LogP contribution in [-0.4, -0.2) is 68.6 Å². The molecule has 0 saturated carbocycles. The summed E-state index contributed by atoms with van der Waals surface area (Å²) in [4.78, 5) is 21.1. The van der Waals surface area contributed by atoms with Crippen LogP contribution in [0.15, 0.2) is 29.3 Å². The van der Waals surface area contributed by atoms with E-state index in [9.17, 15) is 4.79 Å². The highest BCUT2D eigenvalue weighted by molar-refractivity contribution is 5.86. The Morgan fingerprint density at radius 2 is 2.08 bits per heavy atom. The van der Waals surface area contributed by atoms with E-state index in [-0.39, 0.29) is 5.91 Å². The van der Waals surface area contributed by atoms with Gasteiger partial charge in [-0.2, -0.15) is 0 Å². The number of nitrogens with zero attached hydrogens (tertiary/aromatic N) is 3. The van der Waals surface area contributed by atoms with Crippen molar-refractivity contribution in [2.45, 2.75) is 19.4 Å². The number of guanidine groups is 1. The molecule has 2 aliphatic rings. The molecular weight excluding hydrogens is 316 g/mol. The van der Waals surface area contributed by atoms with Crippen LogP contribution in [0.1, 0.15) is 17.5 Å². The van der Waals surface area contributed by atoms with Crippen LogP contribution in [0.25, 0.3) is 0 Å².